The van der Waals surface area contributed by atoms with E-state index in [2.05, 4.69) is 10.6 Å². The lowest BCUT2D eigenvalue weighted by Crippen LogP contribution is -2.44. The molecular formula is C10H22ClN3O2. The van der Waals surface area contributed by atoms with Gasteiger partial charge in [-0.25, -0.2) is 0 Å². The Bertz CT molecular complexity index is 232. The van der Waals surface area contributed by atoms with Crippen molar-refractivity contribution in [2.24, 2.45) is 11.7 Å². The van der Waals surface area contributed by atoms with Crippen LogP contribution in [0.2, 0.25) is 0 Å². The monoisotopic (exact) mass is 251 g/mol. The molecular weight excluding hydrogens is 230 g/mol. The summed E-state index contributed by atoms with van der Waals surface area (Å²) < 4.78 is 0. The van der Waals surface area contributed by atoms with Gasteiger partial charge in [-0.3, -0.25) is 9.59 Å². The van der Waals surface area contributed by atoms with Crippen LogP contribution in [0.25, 0.3) is 0 Å². The van der Waals surface area contributed by atoms with E-state index in [1.165, 1.54) is 0 Å². The highest BCUT2D eigenvalue weighted by molar-refractivity contribution is 5.86. The maximum atomic E-state index is 11.4. The van der Waals surface area contributed by atoms with E-state index in [1.54, 1.807) is 13.8 Å². The maximum absolute atomic E-state index is 11.4. The molecule has 0 spiro atoms. The van der Waals surface area contributed by atoms with Crippen LogP contribution in [0.15, 0.2) is 0 Å². The molecule has 0 rings (SSSR count). The van der Waals surface area contributed by atoms with E-state index < -0.39 is 0 Å². The number of rotatable bonds is 5. The third-order valence-corrected chi connectivity index (χ3v) is 2.08. The minimum absolute atomic E-state index is 0. The third-order valence-electron chi connectivity index (χ3n) is 2.08. The molecule has 0 bridgehead atoms. The van der Waals surface area contributed by atoms with Crippen LogP contribution in [0.4, 0.5) is 0 Å². The number of nitrogens with one attached hydrogen (secondary N) is 2. The largest absolute Gasteiger partial charge is 0.352 e. The minimum Gasteiger partial charge on any atom is -0.352 e. The van der Waals surface area contributed by atoms with Crippen LogP contribution in [0.5, 0.6) is 0 Å². The molecule has 2 atom stereocenters. The Morgan fingerprint density at radius 2 is 1.69 bits per heavy atom. The van der Waals surface area contributed by atoms with Gasteiger partial charge in [0, 0.05) is 18.0 Å². The quantitative estimate of drug-likeness (QED) is 0.645. The lowest BCUT2D eigenvalue weighted by Gasteiger charge is -2.15. The molecule has 0 aliphatic carbocycles. The van der Waals surface area contributed by atoms with Crippen LogP contribution in [0, 0.1) is 5.92 Å². The zero-order chi connectivity index (χ0) is 12.0. The molecule has 0 aromatic heterocycles. The average molecular weight is 252 g/mol. The zero-order valence-corrected chi connectivity index (χ0v) is 11.1. The Labute approximate surface area is 103 Å². The van der Waals surface area contributed by atoms with Gasteiger partial charge in [0.15, 0.2) is 0 Å². The van der Waals surface area contributed by atoms with Gasteiger partial charge in [-0.1, -0.05) is 6.92 Å². The number of nitrogens with two attached hydrogens (primary N) is 1. The SMILES string of the molecule is CC(C)NC(=O)CNC(=O)C(C)C(C)N.Cl. The van der Waals surface area contributed by atoms with Crippen molar-refractivity contribution in [1.82, 2.24) is 10.6 Å². The van der Waals surface area contributed by atoms with Gasteiger partial charge >= 0.3 is 0 Å². The summed E-state index contributed by atoms with van der Waals surface area (Å²) in [6, 6.07) is -0.126. The van der Waals surface area contributed by atoms with Crippen molar-refractivity contribution in [1.29, 1.82) is 0 Å². The van der Waals surface area contributed by atoms with Crippen molar-refractivity contribution in [3.63, 3.8) is 0 Å². The smallest absolute Gasteiger partial charge is 0.239 e. The number of halogens is 1. The maximum Gasteiger partial charge on any atom is 0.239 e. The van der Waals surface area contributed by atoms with Crippen LogP contribution in [-0.4, -0.2) is 30.4 Å². The van der Waals surface area contributed by atoms with Crippen molar-refractivity contribution in [2.75, 3.05) is 6.54 Å². The molecule has 0 aromatic carbocycles. The van der Waals surface area contributed by atoms with Crippen molar-refractivity contribution in [3.05, 3.63) is 0 Å². The summed E-state index contributed by atoms with van der Waals surface area (Å²) in [7, 11) is 0. The van der Waals surface area contributed by atoms with E-state index >= 15 is 0 Å². The Balaban J connectivity index is 0. The standard InChI is InChI=1S/C10H21N3O2.ClH/c1-6(2)13-9(14)5-12-10(15)7(3)8(4)11;/h6-8H,5,11H2,1-4H3,(H,12,15)(H,13,14);1H. The molecule has 0 saturated heterocycles. The zero-order valence-electron chi connectivity index (χ0n) is 10.2. The van der Waals surface area contributed by atoms with E-state index in [0.29, 0.717) is 0 Å². The number of hydrogen-bond acceptors (Lipinski definition) is 3. The Hall–Kier alpha value is -0.810. The second kappa shape index (κ2) is 8.35. The summed E-state index contributed by atoms with van der Waals surface area (Å²) in [4.78, 5) is 22.6. The molecule has 5 nitrogen and oxygen atoms in total. The molecule has 0 saturated carbocycles. The first-order chi connectivity index (χ1) is 6.84. The number of carbonyl (C=O) groups excluding carboxylic acids is 2. The molecule has 4 N–H and O–H groups in total. The molecule has 0 aliphatic rings. The predicted octanol–water partition coefficient (Wildman–Crippen LogP) is 0.0323. The molecule has 0 fully saturated rings. The Kier molecular flexibility index (Phi) is 9.18. The second-order valence-electron chi connectivity index (χ2n) is 4.09. The molecule has 2 amide bonds. The molecule has 2 unspecified atom stereocenters. The first kappa shape index (κ1) is 17.6. The van der Waals surface area contributed by atoms with E-state index in [9.17, 15) is 9.59 Å². The number of amides is 2. The van der Waals surface area contributed by atoms with Crippen molar-refractivity contribution in [3.8, 4) is 0 Å². The summed E-state index contributed by atoms with van der Waals surface area (Å²) in [5, 5.41) is 5.22. The Morgan fingerprint density at radius 3 is 2.06 bits per heavy atom. The molecule has 0 radical (unpaired) electrons. The molecule has 0 heterocycles. The van der Waals surface area contributed by atoms with Gasteiger partial charge < -0.3 is 16.4 Å². The van der Waals surface area contributed by atoms with Gasteiger partial charge in [-0.15, -0.1) is 12.4 Å². The van der Waals surface area contributed by atoms with Gasteiger partial charge in [0.25, 0.3) is 0 Å². The Morgan fingerprint density at radius 1 is 1.19 bits per heavy atom. The highest BCUT2D eigenvalue weighted by Crippen LogP contribution is 1.98. The summed E-state index contributed by atoms with van der Waals surface area (Å²) in [6.45, 7) is 7.24. The molecule has 0 aromatic rings. The van der Waals surface area contributed by atoms with Crippen molar-refractivity contribution in [2.45, 2.75) is 39.8 Å². The summed E-state index contributed by atoms with van der Waals surface area (Å²) >= 11 is 0. The van der Waals surface area contributed by atoms with Gasteiger partial charge in [-0.05, 0) is 20.8 Å². The van der Waals surface area contributed by atoms with Gasteiger partial charge in [-0.2, -0.15) is 0 Å². The van der Waals surface area contributed by atoms with Crippen LogP contribution in [0.3, 0.4) is 0 Å². The van der Waals surface area contributed by atoms with Gasteiger partial charge in [0.2, 0.25) is 11.8 Å². The summed E-state index contributed by atoms with van der Waals surface area (Å²) in [6.07, 6.45) is 0. The van der Waals surface area contributed by atoms with E-state index in [4.69, 9.17) is 5.73 Å². The fraction of sp³-hybridized carbons (Fsp3) is 0.800. The fourth-order valence-corrected chi connectivity index (χ4v) is 0.940. The first-order valence-electron chi connectivity index (χ1n) is 5.17. The highest BCUT2D eigenvalue weighted by Gasteiger charge is 2.17. The molecule has 6 heteroatoms. The minimum atomic E-state index is -0.281. The van der Waals surface area contributed by atoms with E-state index in [0.717, 1.165) is 0 Å². The summed E-state index contributed by atoms with van der Waals surface area (Å²) in [5.41, 5.74) is 5.56. The lowest BCUT2D eigenvalue weighted by molar-refractivity contribution is -0.128. The normalized spacial score (nSPS) is 13.6. The van der Waals surface area contributed by atoms with Crippen LogP contribution < -0.4 is 16.4 Å². The van der Waals surface area contributed by atoms with Gasteiger partial charge in [0.1, 0.15) is 0 Å². The van der Waals surface area contributed by atoms with Crippen LogP contribution in [-0.2, 0) is 9.59 Å². The number of carbonyl (C=O) groups is 2. The highest BCUT2D eigenvalue weighted by atomic mass is 35.5. The molecule has 16 heavy (non-hydrogen) atoms. The predicted molar refractivity (Wildman–Crippen MR) is 66.3 cm³/mol. The fourth-order valence-electron chi connectivity index (χ4n) is 0.940. The summed E-state index contributed by atoms with van der Waals surface area (Å²) in [5.74, 6) is -0.656. The van der Waals surface area contributed by atoms with Crippen molar-refractivity contribution < 1.29 is 9.59 Å². The molecule has 96 valence electrons. The van der Waals surface area contributed by atoms with Crippen LogP contribution in [0.1, 0.15) is 27.7 Å². The second-order valence-corrected chi connectivity index (χ2v) is 4.09. The first-order valence-corrected chi connectivity index (χ1v) is 5.17. The van der Waals surface area contributed by atoms with E-state index in [1.807, 2.05) is 13.8 Å². The van der Waals surface area contributed by atoms with Crippen molar-refractivity contribution >= 4 is 24.2 Å². The third kappa shape index (κ3) is 7.48. The number of hydrogen-bond donors (Lipinski definition) is 3. The van der Waals surface area contributed by atoms with Gasteiger partial charge in [0.05, 0.1) is 6.54 Å². The topological polar surface area (TPSA) is 84.2 Å². The van der Waals surface area contributed by atoms with E-state index in [-0.39, 0.29) is 48.8 Å². The average Bonchev–Trinajstić information content (AvgIpc) is 2.11. The lowest BCUT2D eigenvalue weighted by atomic mass is 10.0. The molecule has 0 aliphatic heterocycles. The van der Waals surface area contributed by atoms with Crippen LogP contribution >= 0.6 is 12.4 Å².